The van der Waals surface area contributed by atoms with E-state index in [-0.39, 0.29) is 11.8 Å². The van der Waals surface area contributed by atoms with Crippen LogP contribution in [0.4, 0.5) is 0 Å². The van der Waals surface area contributed by atoms with Gasteiger partial charge in [0, 0.05) is 19.0 Å². The van der Waals surface area contributed by atoms with Gasteiger partial charge in [-0.1, -0.05) is 13.8 Å². The highest BCUT2D eigenvalue weighted by molar-refractivity contribution is 5.91. The molecule has 0 aromatic carbocycles. The lowest BCUT2D eigenvalue weighted by Crippen LogP contribution is -2.30. The maximum absolute atomic E-state index is 11.9. The van der Waals surface area contributed by atoms with Crippen molar-refractivity contribution >= 4 is 17.8 Å². The highest BCUT2D eigenvalue weighted by atomic mass is 16.4. The minimum Gasteiger partial charge on any atom is -0.481 e. The molecular formula is C14H22N2O4. The third-order valence-corrected chi connectivity index (χ3v) is 4.20. The van der Waals surface area contributed by atoms with Crippen LogP contribution in [0.15, 0.2) is 0 Å². The molecule has 2 amide bonds. The van der Waals surface area contributed by atoms with Crippen molar-refractivity contribution in [1.82, 2.24) is 10.6 Å². The number of carboxylic acid groups (broad SMARTS) is 1. The van der Waals surface area contributed by atoms with E-state index in [4.69, 9.17) is 5.11 Å². The van der Waals surface area contributed by atoms with Crippen LogP contribution in [0.5, 0.6) is 0 Å². The zero-order chi connectivity index (χ0) is 14.9. The zero-order valence-electron chi connectivity index (χ0n) is 11.9. The van der Waals surface area contributed by atoms with E-state index in [9.17, 15) is 14.4 Å². The molecule has 0 radical (unpaired) electrons. The van der Waals surface area contributed by atoms with Crippen LogP contribution < -0.4 is 10.6 Å². The second kappa shape index (κ2) is 5.42. The third-order valence-electron chi connectivity index (χ3n) is 4.20. The van der Waals surface area contributed by atoms with Gasteiger partial charge in [0.15, 0.2) is 0 Å². The largest absolute Gasteiger partial charge is 0.481 e. The smallest absolute Gasteiger partial charge is 0.307 e. The number of carbonyl (C=O) groups excluding carboxylic acids is 2. The average molecular weight is 282 g/mol. The molecule has 2 rings (SSSR count). The van der Waals surface area contributed by atoms with Crippen LogP contribution in [0.3, 0.4) is 0 Å². The van der Waals surface area contributed by atoms with E-state index in [1.807, 2.05) is 0 Å². The summed E-state index contributed by atoms with van der Waals surface area (Å²) in [6.07, 6.45) is 3.11. The lowest BCUT2D eigenvalue weighted by atomic mass is 10.1. The standard InChI is InChI=1S/C14H22N2O4/c1-14(2)10(11(14)13(19)20)12(18)15-7-3-4-9(17)16-8-5-6-8/h8,10-11H,3-7H2,1-2H3,(H,15,18)(H,16,17)(H,19,20). The van der Waals surface area contributed by atoms with E-state index in [2.05, 4.69) is 10.6 Å². The maximum atomic E-state index is 11.9. The molecule has 0 aromatic rings. The maximum Gasteiger partial charge on any atom is 0.307 e. The molecule has 2 fully saturated rings. The minimum absolute atomic E-state index is 0.0249. The van der Waals surface area contributed by atoms with Crippen LogP contribution in [-0.4, -0.2) is 35.5 Å². The summed E-state index contributed by atoms with van der Waals surface area (Å²) in [7, 11) is 0. The van der Waals surface area contributed by atoms with Crippen LogP contribution in [0, 0.1) is 17.3 Å². The molecule has 0 saturated heterocycles. The van der Waals surface area contributed by atoms with Gasteiger partial charge in [-0.2, -0.15) is 0 Å². The SMILES string of the molecule is CC1(C)C(C(=O)O)C1C(=O)NCCCC(=O)NC1CC1. The van der Waals surface area contributed by atoms with Gasteiger partial charge in [0.1, 0.15) is 0 Å². The molecule has 0 aliphatic heterocycles. The number of nitrogens with one attached hydrogen (secondary N) is 2. The second-order valence-electron chi connectivity index (χ2n) is 6.35. The molecule has 2 unspecified atom stereocenters. The molecule has 6 heteroatoms. The first-order valence-electron chi connectivity index (χ1n) is 7.14. The zero-order valence-corrected chi connectivity index (χ0v) is 11.9. The van der Waals surface area contributed by atoms with Crippen LogP contribution >= 0.6 is 0 Å². The molecule has 0 aromatic heterocycles. The van der Waals surface area contributed by atoms with Crippen molar-refractivity contribution in [2.24, 2.45) is 17.3 Å². The highest BCUT2D eigenvalue weighted by Crippen LogP contribution is 2.58. The van der Waals surface area contributed by atoms with Crippen LogP contribution in [0.2, 0.25) is 0 Å². The Bertz CT molecular complexity index is 429. The Morgan fingerprint density at radius 2 is 1.85 bits per heavy atom. The molecule has 3 N–H and O–H groups in total. The van der Waals surface area contributed by atoms with Crippen molar-refractivity contribution in [3.05, 3.63) is 0 Å². The lowest BCUT2D eigenvalue weighted by Gasteiger charge is -2.06. The average Bonchev–Trinajstić information content (AvgIpc) is 3.21. The molecule has 0 heterocycles. The molecule has 0 spiro atoms. The normalized spacial score (nSPS) is 26.7. The highest BCUT2D eigenvalue weighted by Gasteiger charge is 2.65. The van der Waals surface area contributed by atoms with Gasteiger partial charge in [0.2, 0.25) is 11.8 Å². The van der Waals surface area contributed by atoms with E-state index < -0.39 is 23.2 Å². The first-order valence-corrected chi connectivity index (χ1v) is 7.14. The van der Waals surface area contributed by atoms with Gasteiger partial charge in [-0.25, -0.2) is 0 Å². The van der Waals surface area contributed by atoms with Gasteiger partial charge < -0.3 is 15.7 Å². The van der Waals surface area contributed by atoms with E-state index in [0.717, 1.165) is 12.8 Å². The first kappa shape index (κ1) is 14.8. The van der Waals surface area contributed by atoms with E-state index in [0.29, 0.717) is 25.4 Å². The summed E-state index contributed by atoms with van der Waals surface area (Å²) < 4.78 is 0. The van der Waals surface area contributed by atoms with Gasteiger partial charge in [-0.15, -0.1) is 0 Å². The fourth-order valence-electron chi connectivity index (χ4n) is 2.69. The quantitative estimate of drug-likeness (QED) is 0.593. The number of carbonyl (C=O) groups is 3. The van der Waals surface area contributed by atoms with Crippen LogP contribution in [0.25, 0.3) is 0 Å². The van der Waals surface area contributed by atoms with Gasteiger partial charge in [-0.05, 0) is 24.7 Å². The summed E-state index contributed by atoms with van der Waals surface area (Å²) in [6, 6.07) is 0.362. The molecule has 112 valence electrons. The van der Waals surface area contributed by atoms with Gasteiger partial charge >= 0.3 is 5.97 Å². The Balaban J connectivity index is 1.63. The van der Waals surface area contributed by atoms with Crippen molar-refractivity contribution in [3.8, 4) is 0 Å². The number of hydrogen-bond donors (Lipinski definition) is 3. The summed E-state index contributed by atoms with van der Waals surface area (Å²) in [6.45, 7) is 3.99. The second-order valence-corrected chi connectivity index (χ2v) is 6.35. The Kier molecular flexibility index (Phi) is 4.01. The van der Waals surface area contributed by atoms with Gasteiger partial charge in [-0.3, -0.25) is 14.4 Å². The van der Waals surface area contributed by atoms with Gasteiger partial charge in [0.05, 0.1) is 11.8 Å². The fourth-order valence-corrected chi connectivity index (χ4v) is 2.69. The van der Waals surface area contributed by atoms with Crippen molar-refractivity contribution in [1.29, 1.82) is 0 Å². The number of aliphatic carboxylic acids is 1. The van der Waals surface area contributed by atoms with E-state index in [1.54, 1.807) is 13.8 Å². The van der Waals surface area contributed by atoms with Gasteiger partial charge in [0.25, 0.3) is 0 Å². The molecule has 0 bridgehead atoms. The molecular weight excluding hydrogens is 260 g/mol. The lowest BCUT2D eigenvalue weighted by molar-refractivity contribution is -0.140. The first-order chi connectivity index (χ1) is 9.34. The summed E-state index contributed by atoms with van der Waals surface area (Å²) in [5.41, 5.74) is -0.473. The number of rotatable bonds is 7. The fraction of sp³-hybridized carbons (Fsp3) is 0.786. The molecule has 2 atom stereocenters. The Morgan fingerprint density at radius 1 is 1.20 bits per heavy atom. The predicted molar refractivity (Wildman–Crippen MR) is 71.8 cm³/mol. The minimum atomic E-state index is -0.918. The monoisotopic (exact) mass is 282 g/mol. The molecule has 6 nitrogen and oxygen atoms in total. The topological polar surface area (TPSA) is 95.5 Å². The van der Waals surface area contributed by atoms with E-state index in [1.165, 1.54) is 0 Å². The molecule has 20 heavy (non-hydrogen) atoms. The number of carboxylic acids is 1. The predicted octanol–water partition coefficient (Wildman–Crippen LogP) is 0.518. The Hall–Kier alpha value is -1.59. The molecule has 2 aliphatic carbocycles. The van der Waals surface area contributed by atoms with Crippen molar-refractivity contribution in [3.63, 3.8) is 0 Å². The van der Waals surface area contributed by atoms with Crippen molar-refractivity contribution in [2.45, 2.75) is 45.6 Å². The van der Waals surface area contributed by atoms with Crippen molar-refractivity contribution in [2.75, 3.05) is 6.54 Å². The number of hydrogen-bond acceptors (Lipinski definition) is 3. The summed E-state index contributed by atoms with van der Waals surface area (Å²) >= 11 is 0. The summed E-state index contributed by atoms with van der Waals surface area (Å²) in [4.78, 5) is 34.3. The van der Waals surface area contributed by atoms with Crippen LogP contribution in [0.1, 0.15) is 39.5 Å². The number of amides is 2. The summed E-state index contributed by atoms with van der Waals surface area (Å²) in [5, 5.41) is 14.6. The Labute approximate surface area is 118 Å². The summed E-state index contributed by atoms with van der Waals surface area (Å²) in [5.74, 6) is -2.16. The van der Waals surface area contributed by atoms with Crippen molar-refractivity contribution < 1.29 is 19.5 Å². The molecule has 2 aliphatic rings. The third kappa shape index (κ3) is 3.29. The Morgan fingerprint density at radius 3 is 2.35 bits per heavy atom. The molecule has 2 saturated carbocycles. The van der Waals surface area contributed by atoms with E-state index >= 15 is 0 Å². The van der Waals surface area contributed by atoms with Crippen LogP contribution in [-0.2, 0) is 14.4 Å².